The van der Waals surface area contributed by atoms with Crippen LogP contribution in [0.1, 0.15) is 39.4 Å². The average molecular weight is 371 g/mol. The van der Waals surface area contributed by atoms with Gasteiger partial charge in [0.25, 0.3) is 0 Å². The van der Waals surface area contributed by atoms with E-state index < -0.39 is 12.2 Å². The van der Waals surface area contributed by atoms with E-state index in [9.17, 15) is 9.59 Å². The second-order valence-corrected chi connectivity index (χ2v) is 6.00. The molecule has 4 rings (SSSR count). The first-order chi connectivity index (χ1) is 13.0. The second kappa shape index (κ2) is 6.39. The third-order valence-electron chi connectivity index (χ3n) is 4.47. The predicted octanol–water partition coefficient (Wildman–Crippen LogP) is 2.92. The zero-order chi connectivity index (χ0) is 19.1. The van der Waals surface area contributed by atoms with Gasteiger partial charge in [0.2, 0.25) is 13.0 Å². The summed E-state index contributed by atoms with van der Waals surface area (Å²) in [6.07, 6.45) is -0.786. The average Bonchev–Trinajstić information content (AvgIpc) is 3.24. The van der Waals surface area contributed by atoms with E-state index in [4.69, 9.17) is 23.7 Å². The molecular weight excluding hydrogens is 354 g/mol. The molecule has 1 atom stereocenters. The van der Waals surface area contributed by atoms with E-state index in [0.717, 1.165) is 0 Å². The van der Waals surface area contributed by atoms with Crippen LogP contribution in [0.3, 0.4) is 0 Å². The Morgan fingerprint density at radius 1 is 1.15 bits per heavy atom. The third-order valence-corrected chi connectivity index (χ3v) is 4.47. The fourth-order valence-electron chi connectivity index (χ4n) is 3.20. The van der Waals surface area contributed by atoms with Gasteiger partial charge in [-0.1, -0.05) is 0 Å². The van der Waals surface area contributed by atoms with Gasteiger partial charge >= 0.3 is 5.97 Å². The maximum atomic E-state index is 12.4. The molecule has 2 heterocycles. The predicted molar refractivity (Wildman–Crippen MR) is 93.9 cm³/mol. The Balaban J connectivity index is 1.74. The number of nitrogens with one attached hydrogen (secondary N) is 1. The number of benzene rings is 2. The lowest BCUT2D eigenvalue weighted by molar-refractivity contribution is 0.0435. The Bertz CT molecular complexity index is 954. The lowest BCUT2D eigenvalue weighted by Gasteiger charge is -2.17. The van der Waals surface area contributed by atoms with Gasteiger partial charge in [0.15, 0.2) is 28.8 Å². The molecule has 8 heteroatoms. The number of anilines is 1. The highest BCUT2D eigenvalue weighted by Gasteiger charge is 2.36. The maximum Gasteiger partial charge on any atom is 0.344 e. The summed E-state index contributed by atoms with van der Waals surface area (Å²) < 4.78 is 26.7. The standard InChI is InChI=1S/C19H17NO7/c1-9(21)11-6-14-15(26-8-25-14)7-12(11)20-18-10-4-5-13(23-2)17(24-3)16(10)19(22)27-18/h4-7,18,20H,8H2,1-3H3/t18-/m1/s1. The molecule has 0 fully saturated rings. The number of carbonyl (C=O) groups is 2. The molecule has 1 N–H and O–H groups in total. The van der Waals surface area contributed by atoms with Crippen molar-refractivity contribution in [2.75, 3.05) is 26.3 Å². The number of cyclic esters (lactones) is 1. The number of hydrogen-bond acceptors (Lipinski definition) is 8. The number of fused-ring (bicyclic) bond motifs is 2. The van der Waals surface area contributed by atoms with Gasteiger partial charge in [0.1, 0.15) is 5.56 Å². The van der Waals surface area contributed by atoms with Crippen molar-refractivity contribution in [2.24, 2.45) is 0 Å². The second-order valence-electron chi connectivity index (χ2n) is 6.00. The molecule has 2 aliphatic rings. The Morgan fingerprint density at radius 2 is 1.89 bits per heavy atom. The lowest BCUT2D eigenvalue weighted by Crippen LogP contribution is -2.13. The summed E-state index contributed by atoms with van der Waals surface area (Å²) in [5, 5.41) is 3.10. The molecule has 140 valence electrons. The largest absolute Gasteiger partial charge is 0.493 e. The number of ketones is 1. The number of methoxy groups -OCH3 is 2. The minimum atomic E-state index is -0.786. The fraction of sp³-hybridized carbons (Fsp3) is 0.263. The summed E-state index contributed by atoms with van der Waals surface area (Å²) >= 11 is 0. The van der Waals surface area contributed by atoms with E-state index in [1.54, 1.807) is 24.3 Å². The lowest BCUT2D eigenvalue weighted by atomic mass is 10.0. The molecule has 0 aromatic heterocycles. The zero-order valence-electron chi connectivity index (χ0n) is 15.0. The molecule has 0 saturated carbocycles. The van der Waals surface area contributed by atoms with Crippen LogP contribution in [0.5, 0.6) is 23.0 Å². The van der Waals surface area contributed by atoms with Crippen LogP contribution in [-0.2, 0) is 4.74 Å². The van der Waals surface area contributed by atoms with Crippen LogP contribution in [0, 0.1) is 0 Å². The number of esters is 1. The van der Waals surface area contributed by atoms with Gasteiger partial charge in [-0.15, -0.1) is 0 Å². The van der Waals surface area contributed by atoms with Crippen molar-refractivity contribution in [2.45, 2.75) is 13.2 Å². The van der Waals surface area contributed by atoms with Gasteiger partial charge in [0, 0.05) is 17.2 Å². The number of rotatable bonds is 5. The molecule has 0 bridgehead atoms. The number of hydrogen-bond donors (Lipinski definition) is 1. The van der Waals surface area contributed by atoms with Crippen molar-refractivity contribution < 1.29 is 33.3 Å². The monoisotopic (exact) mass is 371 g/mol. The van der Waals surface area contributed by atoms with E-state index >= 15 is 0 Å². The number of Topliss-reactive ketones (excluding diaryl/α,β-unsaturated/α-hetero) is 1. The SMILES string of the molecule is COc1ccc2c(c1OC)C(=O)O[C@H]2Nc1cc2c(cc1C(C)=O)OCO2. The molecule has 0 amide bonds. The van der Waals surface area contributed by atoms with E-state index in [1.807, 2.05) is 0 Å². The van der Waals surface area contributed by atoms with Crippen LogP contribution in [-0.4, -0.2) is 32.8 Å². The van der Waals surface area contributed by atoms with Gasteiger partial charge in [0.05, 0.1) is 19.9 Å². The minimum Gasteiger partial charge on any atom is -0.493 e. The molecule has 2 aromatic rings. The van der Waals surface area contributed by atoms with Gasteiger partial charge in [-0.2, -0.15) is 0 Å². The van der Waals surface area contributed by atoms with E-state index in [-0.39, 0.29) is 12.6 Å². The summed E-state index contributed by atoms with van der Waals surface area (Å²) in [4.78, 5) is 24.5. The minimum absolute atomic E-state index is 0.0916. The van der Waals surface area contributed by atoms with Crippen molar-refractivity contribution in [3.05, 3.63) is 41.0 Å². The van der Waals surface area contributed by atoms with Crippen LogP contribution in [0.2, 0.25) is 0 Å². The topological polar surface area (TPSA) is 92.3 Å². The highest BCUT2D eigenvalue weighted by molar-refractivity contribution is 6.01. The molecule has 0 spiro atoms. The number of ether oxygens (including phenoxy) is 5. The van der Waals surface area contributed by atoms with Crippen molar-refractivity contribution in [1.29, 1.82) is 0 Å². The molecule has 0 aliphatic carbocycles. The van der Waals surface area contributed by atoms with Crippen molar-refractivity contribution in [3.63, 3.8) is 0 Å². The first kappa shape index (κ1) is 17.0. The molecule has 2 aromatic carbocycles. The molecule has 27 heavy (non-hydrogen) atoms. The molecule has 0 radical (unpaired) electrons. The molecule has 8 nitrogen and oxygen atoms in total. The molecule has 0 unspecified atom stereocenters. The summed E-state index contributed by atoms with van der Waals surface area (Å²) in [6, 6.07) is 6.68. The highest BCUT2D eigenvalue weighted by Crippen LogP contribution is 2.44. The van der Waals surface area contributed by atoms with E-state index in [0.29, 0.717) is 45.4 Å². The first-order valence-electron chi connectivity index (χ1n) is 8.20. The van der Waals surface area contributed by atoms with Crippen LogP contribution >= 0.6 is 0 Å². The van der Waals surface area contributed by atoms with E-state index in [2.05, 4.69) is 5.32 Å². The van der Waals surface area contributed by atoms with Gasteiger partial charge in [-0.05, 0) is 25.1 Å². The van der Waals surface area contributed by atoms with Crippen LogP contribution in [0.4, 0.5) is 5.69 Å². The molecule has 2 aliphatic heterocycles. The fourth-order valence-corrected chi connectivity index (χ4v) is 3.20. The Kier molecular flexibility index (Phi) is 4.02. The van der Waals surface area contributed by atoms with Crippen molar-refractivity contribution in [3.8, 4) is 23.0 Å². The summed E-state index contributed by atoms with van der Waals surface area (Å²) in [6.45, 7) is 1.54. The summed E-state index contributed by atoms with van der Waals surface area (Å²) in [5.41, 5.74) is 1.76. The molecule has 0 saturated heterocycles. The van der Waals surface area contributed by atoms with Crippen LogP contribution in [0.15, 0.2) is 24.3 Å². The molecular formula is C19H17NO7. The zero-order valence-corrected chi connectivity index (χ0v) is 15.0. The van der Waals surface area contributed by atoms with Gasteiger partial charge in [-0.3, -0.25) is 4.79 Å². The van der Waals surface area contributed by atoms with Crippen LogP contribution in [0.25, 0.3) is 0 Å². The van der Waals surface area contributed by atoms with Gasteiger partial charge < -0.3 is 29.0 Å². The van der Waals surface area contributed by atoms with Crippen LogP contribution < -0.4 is 24.3 Å². The Morgan fingerprint density at radius 3 is 2.56 bits per heavy atom. The smallest absolute Gasteiger partial charge is 0.344 e. The first-order valence-corrected chi connectivity index (χ1v) is 8.20. The Hall–Kier alpha value is -3.42. The van der Waals surface area contributed by atoms with Gasteiger partial charge in [-0.25, -0.2) is 4.79 Å². The Labute approximate surface area is 154 Å². The highest BCUT2D eigenvalue weighted by atomic mass is 16.7. The van der Waals surface area contributed by atoms with E-state index in [1.165, 1.54) is 21.1 Å². The summed E-state index contributed by atoms with van der Waals surface area (Å²) in [7, 11) is 2.95. The van der Waals surface area contributed by atoms with Crippen molar-refractivity contribution in [1.82, 2.24) is 0 Å². The quantitative estimate of drug-likeness (QED) is 0.634. The van der Waals surface area contributed by atoms with Crippen molar-refractivity contribution >= 4 is 17.4 Å². The number of carbonyl (C=O) groups excluding carboxylic acids is 2. The maximum absolute atomic E-state index is 12.4. The normalized spacial score (nSPS) is 16.6. The third kappa shape index (κ3) is 2.69. The summed E-state index contributed by atoms with van der Waals surface area (Å²) in [5.74, 6) is 1.06.